The van der Waals surface area contributed by atoms with Gasteiger partial charge >= 0.3 is 0 Å². The fourth-order valence-electron chi connectivity index (χ4n) is 2.57. The van der Waals surface area contributed by atoms with Crippen molar-refractivity contribution in [2.24, 2.45) is 0 Å². The molecule has 20 heavy (non-hydrogen) atoms. The van der Waals surface area contributed by atoms with E-state index in [9.17, 15) is 4.79 Å². The second-order valence-electron chi connectivity index (χ2n) is 5.19. The van der Waals surface area contributed by atoms with E-state index in [0.29, 0.717) is 6.54 Å². The van der Waals surface area contributed by atoms with Crippen LogP contribution in [0.2, 0.25) is 0 Å². The summed E-state index contributed by atoms with van der Waals surface area (Å²) in [6.45, 7) is 3.90. The van der Waals surface area contributed by atoms with Gasteiger partial charge in [-0.2, -0.15) is 5.26 Å². The first kappa shape index (κ1) is 14.5. The van der Waals surface area contributed by atoms with Gasteiger partial charge in [-0.25, -0.2) is 0 Å². The van der Waals surface area contributed by atoms with Crippen LogP contribution >= 0.6 is 0 Å². The standard InChI is InChI=1S/C16H21N3O/c17-9-7-16(20)18-10-3-4-11-19-12-8-14-5-1-2-6-15(14)13-19/h1-2,5-6H,3-4,7-8,10-13H2,(H,18,20). The van der Waals surface area contributed by atoms with Crippen molar-refractivity contribution in [3.8, 4) is 6.07 Å². The van der Waals surface area contributed by atoms with Gasteiger partial charge in [0, 0.05) is 19.6 Å². The zero-order chi connectivity index (χ0) is 14.2. The molecule has 0 spiro atoms. The number of nitriles is 1. The SMILES string of the molecule is N#CCC(=O)NCCCCN1CCc2ccccc2C1. The van der Waals surface area contributed by atoms with Crippen molar-refractivity contribution < 1.29 is 4.79 Å². The van der Waals surface area contributed by atoms with Crippen LogP contribution in [0.4, 0.5) is 0 Å². The molecule has 0 aliphatic carbocycles. The monoisotopic (exact) mass is 271 g/mol. The first-order chi connectivity index (χ1) is 9.79. The predicted octanol–water partition coefficient (Wildman–Crippen LogP) is 1.85. The van der Waals surface area contributed by atoms with Crippen LogP contribution in [0.15, 0.2) is 24.3 Å². The summed E-state index contributed by atoms with van der Waals surface area (Å²) in [5, 5.41) is 11.1. The van der Waals surface area contributed by atoms with Gasteiger partial charge in [-0.15, -0.1) is 0 Å². The average molecular weight is 271 g/mol. The molecule has 1 aliphatic rings. The second kappa shape index (κ2) is 7.66. The number of benzene rings is 1. The van der Waals surface area contributed by atoms with Crippen LogP contribution in [0, 0.1) is 11.3 Å². The van der Waals surface area contributed by atoms with Crippen LogP contribution in [0.3, 0.4) is 0 Å². The van der Waals surface area contributed by atoms with E-state index in [-0.39, 0.29) is 12.3 Å². The number of unbranched alkanes of at least 4 members (excludes halogenated alkanes) is 1. The summed E-state index contributed by atoms with van der Waals surface area (Å²) in [4.78, 5) is 13.6. The van der Waals surface area contributed by atoms with E-state index < -0.39 is 0 Å². The van der Waals surface area contributed by atoms with E-state index in [4.69, 9.17) is 5.26 Å². The molecular weight excluding hydrogens is 250 g/mol. The Hall–Kier alpha value is -1.86. The second-order valence-corrected chi connectivity index (χ2v) is 5.19. The van der Waals surface area contributed by atoms with Crippen molar-refractivity contribution in [1.29, 1.82) is 5.26 Å². The lowest BCUT2D eigenvalue weighted by Gasteiger charge is -2.28. The quantitative estimate of drug-likeness (QED) is 0.803. The maximum atomic E-state index is 11.1. The Balaban J connectivity index is 1.62. The number of amides is 1. The molecule has 2 rings (SSSR count). The molecule has 4 nitrogen and oxygen atoms in total. The summed E-state index contributed by atoms with van der Waals surface area (Å²) >= 11 is 0. The Morgan fingerprint density at radius 2 is 2.10 bits per heavy atom. The Bertz CT molecular complexity index is 493. The molecule has 1 N–H and O–H groups in total. The van der Waals surface area contributed by atoms with E-state index >= 15 is 0 Å². The Labute approximate surface area is 120 Å². The molecule has 1 amide bonds. The molecule has 1 aliphatic heterocycles. The number of nitrogens with zero attached hydrogens (tertiary/aromatic N) is 2. The van der Waals surface area contributed by atoms with E-state index in [0.717, 1.165) is 38.9 Å². The summed E-state index contributed by atoms with van der Waals surface area (Å²) in [6.07, 6.45) is 3.14. The molecule has 1 heterocycles. The highest BCUT2D eigenvalue weighted by Gasteiger charge is 2.14. The third kappa shape index (κ3) is 4.36. The molecule has 0 saturated heterocycles. The van der Waals surface area contributed by atoms with Gasteiger partial charge in [-0.1, -0.05) is 24.3 Å². The minimum atomic E-state index is -0.167. The zero-order valence-electron chi connectivity index (χ0n) is 11.8. The molecule has 0 fully saturated rings. The van der Waals surface area contributed by atoms with Crippen molar-refractivity contribution in [2.45, 2.75) is 32.2 Å². The van der Waals surface area contributed by atoms with E-state index in [1.54, 1.807) is 0 Å². The third-order valence-corrected chi connectivity index (χ3v) is 3.67. The molecule has 1 aromatic rings. The van der Waals surface area contributed by atoms with Crippen molar-refractivity contribution in [3.05, 3.63) is 35.4 Å². The number of carbonyl (C=O) groups excluding carboxylic acids is 1. The minimum Gasteiger partial charge on any atom is -0.355 e. The largest absolute Gasteiger partial charge is 0.355 e. The number of nitrogens with one attached hydrogen (secondary N) is 1. The maximum Gasteiger partial charge on any atom is 0.234 e. The molecule has 4 heteroatoms. The van der Waals surface area contributed by atoms with Gasteiger partial charge in [0.25, 0.3) is 0 Å². The third-order valence-electron chi connectivity index (χ3n) is 3.67. The number of rotatable bonds is 6. The lowest BCUT2D eigenvalue weighted by atomic mass is 10.00. The lowest BCUT2D eigenvalue weighted by Crippen LogP contribution is -2.32. The van der Waals surface area contributed by atoms with Crippen LogP contribution in [-0.2, 0) is 17.8 Å². The van der Waals surface area contributed by atoms with E-state index in [1.165, 1.54) is 11.1 Å². The van der Waals surface area contributed by atoms with Crippen molar-refractivity contribution in [1.82, 2.24) is 10.2 Å². The smallest absolute Gasteiger partial charge is 0.234 e. The van der Waals surface area contributed by atoms with Gasteiger partial charge in [-0.05, 0) is 36.9 Å². The van der Waals surface area contributed by atoms with Crippen molar-refractivity contribution in [3.63, 3.8) is 0 Å². The number of hydrogen-bond acceptors (Lipinski definition) is 3. The highest BCUT2D eigenvalue weighted by molar-refractivity contribution is 5.77. The summed E-state index contributed by atoms with van der Waals surface area (Å²) < 4.78 is 0. The summed E-state index contributed by atoms with van der Waals surface area (Å²) in [6, 6.07) is 10.5. The predicted molar refractivity (Wildman–Crippen MR) is 77.9 cm³/mol. The average Bonchev–Trinajstić information content (AvgIpc) is 2.47. The van der Waals surface area contributed by atoms with E-state index in [1.807, 2.05) is 6.07 Å². The van der Waals surface area contributed by atoms with Crippen LogP contribution in [0.25, 0.3) is 0 Å². The Kier molecular flexibility index (Phi) is 5.57. The molecule has 0 bridgehead atoms. The first-order valence-corrected chi connectivity index (χ1v) is 7.22. The maximum absolute atomic E-state index is 11.1. The van der Waals surface area contributed by atoms with Gasteiger partial charge in [0.15, 0.2) is 0 Å². The summed E-state index contributed by atoms with van der Waals surface area (Å²) in [5.74, 6) is -0.167. The fourth-order valence-corrected chi connectivity index (χ4v) is 2.57. The first-order valence-electron chi connectivity index (χ1n) is 7.22. The molecular formula is C16H21N3O. The molecule has 0 atom stereocenters. The Morgan fingerprint density at radius 1 is 1.30 bits per heavy atom. The van der Waals surface area contributed by atoms with Crippen LogP contribution < -0.4 is 5.32 Å². The van der Waals surface area contributed by atoms with Crippen LogP contribution in [0.1, 0.15) is 30.4 Å². The zero-order valence-corrected chi connectivity index (χ0v) is 11.8. The molecule has 0 unspecified atom stereocenters. The normalized spacial score (nSPS) is 14.3. The number of carbonyl (C=O) groups is 1. The van der Waals surface area contributed by atoms with Gasteiger partial charge in [0.2, 0.25) is 5.91 Å². The topological polar surface area (TPSA) is 56.1 Å². The van der Waals surface area contributed by atoms with Gasteiger partial charge in [-0.3, -0.25) is 9.69 Å². The highest BCUT2D eigenvalue weighted by Crippen LogP contribution is 2.18. The fraction of sp³-hybridized carbons (Fsp3) is 0.500. The minimum absolute atomic E-state index is 0.0388. The summed E-state index contributed by atoms with van der Waals surface area (Å²) in [5.41, 5.74) is 2.92. The van der Waals surface area contributed by atoms with Gasteiger partial charge in [0.05, 0.1) is 6.07 Å². The molecule has 106 valence electrons. The van der Waals surface area contributed by atoms with Crippen LogP contribution in [0.5, 0.6) is 0 Å². The lowest BCUT2D eigenvalue weighted by molar-refractivity contribution is -0.120. The van der Waals surface area contributed by atoms with Crippen molar-refractivity contribution >= 4 is 5.91 Å². The number of hydrogen-bond donors (Lipinski definition) is 1. The molecule has 0 radical (unpaired) electrons. The molecule has 0 aromatic heterocycles. The van der Waals surface area contributed by atoms with E-state index in [2.05, 4.69) is 34.5 Å². The molecule has 1 aromatic carbocycles. The molecule has 0 saturated carbocycles. The number of fused-ring (bicyclic) bond motifs is 1. The van der Waals surface area contributed by atoms with Crippen LogP contribution in [-0.4, -0.2) is 30.4 Å². The van der Waals surface area contributed by atoms with Crippen molar-refractivity contribution in [2.75, 3.05) is 19.6 Å². The van der Waals surface area contributed by atoms with Gasteiger partial charge < -0.3 is 5.32 Å². The van der Waals surface area contributed by atoms with Gasteiger partial charge in [0.1, 0.15) is 6.42 Å². The highest BCUT2D eigenvalue weighted by atomic mass is 16.1. The summed E-state index contributed by atoms with van der Waals surface area (Å²) in [7, 11) is 0. The Morgan fingerprint density at radius 3 is 2.90 bits per heavy atom.